The van der Waals surface area contributed by atoms with Crippen molar-refractivity contribution in [3.8, 4) is 0 Å². The lowest BCUT2D eigenvalue weighted by molar-refractivity contribution is 0.581. The fraction of sp³-hybridized carbons (Fsp3) is 0.0769. The lowest BCUT2D eigenvalue weighted by Crippen LogP contribution is -2.23. The maximum Gasteiger partial charge on any atom is 0.240 e. The first-order valence-corrected chi connectivity index (χ1v) is 8.98. The zero-order chi connectivity index (χ0) is 15.5. The summed E-state index contributed by atoms with van der Waals surface area (Å²) in [5.41, 5.74) is 0.795. The van der Waals surface area contributed by atoms with Gasteiger partial charge in [0.1, 0.15) is 0 Å². The van der Waals surface area contributed by atoms with Gasteiger partial charge in [0.05, 0.1) is 9.79 Å². The van der Waals surface area contributed by atoms with E-state index in [0.717, 1.165) is 11.6 Å². The molecular weight excluding hydrogens is 312 g/mol. The van der Waals surface area contributed by atoms with Crippen LogP contribution in [0.15, 0.2) is 64.4 Å². The summed E-state index contributed by atoms with van der Waals surface area (Å²) in [6.45, 7) is 0.114. The largest absolute Gasteiger partial charge is 0.240 e. The summed E-state index contributed by atoms with van der Waals surface area (Å²) >= 11 is 0. The standard InChI is InChI=1S/C13H14N2O4S2/c14-20(16,17)12-7-4-8-13(9-12)21(18,19)15-10-11-5-2-1-3-6-11/h1-9,15H,10H2,(H2,14,16,17). The molecule has 0 fully saturated rings. The zero-order valence-electron chi connectivity index (χ0n) is 10.9. The molecule has 0 unspecified atom stereocenters. The molecule has 0 saturated carbocycles. The van der Waals surface area contributed by atoms with Crippen LogP contribution < -0.4 is 9.86 Å². The van der Waals surface area contributed by atoms with E-state index >= 15 is 0 Å². The second-order valence-electron chi connectivity index (χ2n) is 4.33. The van der Waals surface area contributed by atoms with Crippen molar-refractivity contribution in [2.24, 2.45) is 5.14 Å². The Morgan fingerprint density at radius 1 is 0.857 bits per heavy atom. The zero-order valence-corrected chi connectivity index (χ0v) is 12.6. The molecule has 2 rings (SSSR count). The number of primary sulfonamides is 1. The van der Waals surface area contributed by atoms with E-state index in [1.165, 1.54) is 18.2 Å². The molecule has 0 amide bonds. The van der Waals surface area contributed by atoms with E-state index in [2.05, 4.69) is 4.72 Å². The van der Waals surface area contributed by atoms with Crippen LogP contribution in [0.5, 0.6) is 0 Å². The van der Waals surface area contributed by atoms with Crippen LogP contribution in [0.25, 0.3) is 0 Å². The molecule has 112 valence electrons. The van der Waals surface area contributed by atoms with Crippen molar-refractivity contribution in [2.75, 3.05) is 0 Å². The van der Waals surface area contributed by atoms with Crippen LogP contribution in [-0.2, 0) is 26.6 Å². The summed E-state index contributed by atoms with van der Waals surface area (Å²) in [4.78, 5) is -0.393. The van der Waals surface area contributed by atoms with E-state index in [1.54, 1.807) is 24.3 Å². The Morgan fingerprint density at radius 2 is 1.48 bits per heavy atom. The number of nitrogens with one attached hydrogen (secondary N) is 1. The summed E-state index contributed by atoms with van der Waals surface area (Å²) in [5.74, 6) is 0. The fourth-order valence-electron chi connectivity index (χ4n) is 1.68. The Hall–Kier alpha value is -1.74. The van der Waals surface area contributed by atoms with Gasteiger partial charge in [-0.1, -0.05) is 36.4 Å². The fourth-order valence-corrected chi connectivity index (χ4v) is 3.37. The summed E-state index contributed by atoms with van der Waals surface area (Å²) in [5, 5.41) is 4.99. The Labute approximate surface area is 123 Å². The van der Waals surface area contributed by atoms with Gasteiger partial charge in [0.15, 0.2) is 0 Å². The highest BCUT2D eigenvalue weighted by Crippen LogP contribution is 2.15. The molecule has 0 aliphatic heterocycles. The summed E-state index contributed by atoms with van der Waals surface area (Å²) in [7, 11) is -7.76. The van der Waals surface area contributed by atoms with Gasteiger partial charge in [-0.2, -0.15) is 0 Å². The van der Waals surface area contributed by atoms with E-state index in [9.17, 15) is 16.8 Å². The second kappa shape index (κ2) is 5.94. The maximum atomic E-state index is 12.1. The lowest BCUT2D eigenvalue weighted by atomic mass is 10.2. The molecule has 0 radical (unpaired) electrons. The van der Waals surface area contributed by atoms with Crippen molar-refractivity contribution in [1.82, 2.24) is 4.72 Å². The first-order valence-electron chi connectivity index (χ1n) is 5.95. The lowest BCUT2D eigenvalue weighted by Gasteiger charge is -2.08. The molecule has 0 spiro atoms. The highest BCUT2D eigenvalue weighted by Gasteiger charge is 2.17. The molecule has 0 aromatic heterocycles. The molecular formula is C13H14N2O4S2. The van der Waals surface area contributed by atoms with Crippen molar-refractivity contribution in [3.05, 3.63) is 60.2 Å². The number of sulfonamides is 2. The van der Waals surface area contributed by atoms with E-state index in [-0.39, 0.29) is 16.3 Å². The van der Waals surface area contributed by atoms with Crippen molar-refractivity contribution in [3.63, 3.8) is 0 Å². The monoisotopic (exact) mass is 326 g/mol. The first kappa shape index (κ1) is 15.6. The summed E-state index contributed by atoms with van der Waals surface area (Å²) in [6, 6.07) is 13.9. The Bertz CT molecular complexity index is 831. The molecule has 3 N–H and O–H groups in total. The highest BCUT2D eigenvalue weighted by molar-refractivity contribution is 7.90. The normalized spacial score (nSPS) is 12.2. The molecule has 6 nitrogen and oxygen atoms in total. The third kappa shape index (κ3) is 4.11. The number of nitrogens with two attached hydrogens (primary N) is 1. The van der Waals surface area contributed by atoms with Crippen molar-refractivity contribution < 1.29 is 16.8 Å². The van der Waals surface area contributed by atoms with Crippen LogP contribution in [0.3, 0.4) is 0 Å². The number of hydrogen-bond donors (Lipinski definition) is 2. The second-order valence-corrected chi connectivity index (χ2v) is 7.66. The van der Waals surface area contributed by atoms with Crippen LogP contribution in [0, 0.1) is 0 Å². The van der Waals surface area contributed by atoms with Crippen LogP contribution >= 0.6 is 0 Å². The van der Waals surface area contributed by atoms with Gasteiger partial charge in [-0.15, -0.1) is 0 Å². The number of rotatable bonds is 5. The Balaban J connectivity index is 2.24. The van der Waals surface area contributed by atoms with Crippen LogP contribution in [0.2, 0.25) is 0 Å². The SMILES string of the molecule is NS(=O)(=O)c1cccc(S(=O)(=O)NCc2ccccc2)c1. The van der Waals surface area contributed by atoms with Crippen molar-refractivity contribution in [1.29, 1.82) is 0 Å². The first-order chi connectivity index (χ1) is 9.79. The van der Waals surface area contributed by atoms with Crippen LogP contribution in [0.1, 0.15) is 5.56 Å². The highest BCUT2D eigenvalue weighted by atomic mass is 32.2. The minimum atomic E-state index is -3.94. The van der Waals surface area contributed by atoms with Crippen molar-refractivity contribution in [2.45, 2.75) is 16.3 Å². The number of hydrogen-bond acceptors (Lipinski definition) is 4. The molecule has 2 aromatic carbocycles. The molecule has 0 heterocycles. The van der Waals surface area contributed by atoms with Gasteiger partial charge in [-0.3, -0.25) is 0 Å². The van der Waals surface area contributed by atoms with E-state index < -0.39 is 20.0 Å². The van der Waals surface area contributed by atoms with E-state index in [0.29, 0.717) is 0 Å². The predicted octanol–water partition coefficient (Wildman–Crippen LogP) is 0.812. The molecule has 8 heteroatoms. The predicted molar refractivity (Wildman–Crippen MR) is 78.3 cm³/mol. The molecule has 2 aromatic rings. The minimum Gasteiger partial charge on any atom is -0.225 e. The maximum absolute atomic E-state index is 12.1. The average Bonchev–Trinajstić information content (AvgIpc) is 2.46. The van der Waals surface area contributed by atoms with Gasteiger partial charge in [0.2, 0.25) is 20.0 Å². The molecule has 0 aliphatic carbocycles. The van der Waals surface area contributed by atoms with Gasteiger partial charge in [-0.25, -0.2) is 26.7 Å². The topological polar surface area (TPSA) is 106 Å². The molecule has 0 bridgehead atoms. The molecule has 0 saturated heterocycles. The third-order valence-electron chi connectivity index (χ3n) is 2.75. The van der Waals surface area contributed by atoms with E-state index in [4.69, 9.17) is 5.14 Å². The van der Waals surface area contributed by atoms with Gasteiger partial charge >= 0.3 is 0 Å². The smallest absolute Gasteiger partial charge is 0.225 e. The average molecular weight is 326 g/mol. The van der Waals surface area contributed by atoms with E-state index in [1.807, 2.05) is 6.07 Å². The van der Waals surface area contributed by atoms with Gasteiger partial charge in [-0.05, 0) is 23.8 Å². The molecule has 0 aliphatic rings. The Morgan fingerprint density at radius 3 is 2.10 bits per heavy atom. The van der Waals surface area contributed by atoms with Crippen LogP contribution in [0.4, 0.5) is 0 Å². The Kier molecular flexibility index (Phi) is 4.43. The minimum absolute atomic E-state index is 0.114. The molecule has 21 heavy (non-hydrogen) atoms. The van der Waals surface area contributed by atoms with Crippen LogP contribution in [-0.4, -0.2) is 16.8 Å². The van der Waals surface area contributed by atoms with Gasteiger partial charge < -0.3 is 0 Å². The van der Waals surface area contributed by atoms with Crippen molar-refractivity contribution >= 4 is 20.0 Å². The number of benzene rings is 2. The summed E-state index contributed by atoms with van der Waals surface area (Å²) in [6.07, 6.45) is 0. The summed E-state index contributed by atoms with van der Waals surface area (Å²) < 4.78 is 49.2. The van der Waals surface area contributed by atoms with Gasteiger partial charge in [0, 0.05) is 6.54 Å². The quantitative estimate of drug-likeness (QED) is 0.848. The van der Waals surface area contributed by atoms with Gasteiger partial charge in [0.25, 0.3) is 0 Å². The molecule has 0 atom stereocenters. The third-order valence-corrected chi connectivity index (χ3v) is 5.06.